The predicted molar refractivity (Wildman–Crippen MR) is 78.1 cm³/mol. The van der Waals surface area contributed by atoms with Gasteiger partial charge in [0.25, 0.3) is 0 Å². The van der Waals surface area contributed by atoms with Crippen molar-refractivity contribution in [1.82, 2.24) is 10.3 Å². The zero-order chi connectivity index (χ0) is 14.4. The summed E-state index contributed by atoms with van der Waals surface area (Å²) in [6.45, 7) is 1.90. The molecule has 0 radical (unpaired) electrons. The topological polar surface area (TPSA) is 65.1 Å². The summed E-state index contributed by atoms with van der Waals surface area (Å²) < 4.78 is 0. The lowest BCUT2D eigenvalue weighted by Crippen LogP contribution is -2.34. The average Bonchev–Trinajstić information content (AvgIpc) is 2.92. The van der Waals surface area contributed by atoms with Gasteiger partial charge in [0.1, 0.15) is 0 Å². The van der Waals surface area contributed by atoms with Crippen molar-refractivity contribution in [2.75, 3.05) is 0 Å². The average molecular weight is 272 g/mol. The van der Waals surface area contributed by atoms with E-state index >= 15 is 0 Å². The predicted octanol–water partition coefficient (Wildman–Crippen LogP) is 2.19. The molecular weight excluding hydrogens is 252 g/mol. The van der Waals surface area contributed by atoms with Crippen LogP contribution >= 0.6 is 0 Å². The van der Waals surface area contributed by atoms with E-state index in [2.05, 4.69) is 10.3 Å². The molecule has 2 rings (SSSR count). The van der Waals surface area contributed by atoms with E-state index in [4.69, 9.17) is 0 Å². The van der Waals surface area contributed by atoms with Gasteiger partial charge in [-0.15, -0.1) is 0 Å². The van der Waals surface area contributed by atoms with Crippen LogP contribution in [0.2, 0.25) is 0 Å². The molecule has 1 amide bonds. The van der Waals surface area contributed by atoms with Crippen LogP contribution in [0.3, 0.4) is 0 Å². The molecule has 20 heavy (non-hydrogen) atoms. The quantitative estimate of drug-likeness (QED) is 0.754. The zero-order valence-electron chi connectivity index (χ0n) is 11.5. The number of carbonyl (C=O) groups is 1. The fourth-order valence-electron chi connectivity index (χ4n) is 2.18. The van der Waals surface area contributed by atoms with Crippen molar-refractivity contribution in [2.45, 2.75) is 31.9 Å². The highest BCUT2D eigenvalue weighted by molar-refractivity contribution is 5.78. The molecule has 2 aromatic rings. The number of benzene rings is 1. The van der Waals surface area contributed by atoms with Crippen LogP contribution in [-0.4, -0.2) is 22.0 Å². The highest BCUT2D eigenvalue weighted by atomic mass is 16.3. The molecule has 4 nitrogen and oxygen atoms in total. The van der Waals surface area contributed by atoms with Crippen molar-refractivity contribution in [3.05, 3.63) is 59.9 Å². The molecule has 2 unspecified atom stereocenters. The Morgan fingerprint density at radius 2 is 2.00 bits per heavy atom. The Hall–Kier alpha value is -2.07. The minimum Gasteiger partial charge on any atom is -0.388 e. The van der Waals surface area contributed by atoms with Crippen LogP contribution in [0.5, 0.6) is 0 Å². The van der Waals surface area contributed by atoms with E-state index < -0.39 is 6.10 Å². The molecule has 0 aliphatic carbocycles. The van der Waals surface area contributed by atoms with E-state index in [-0.39, 0.29) is 11.9 Å². The molecule has 0 saturated heterocycles. The van der Waals surface area contributed by atoms with Crippen LogP contribution in [0.15, 0.2) is 48.7 Å². The summed E-state index contributed by atoms with van der Waals surface area (Å²) in [4.78, 5) is 14.8. The van der Waals surface area contributed by atoms with Crippen molar-refractivity contribution in [2.24, 2.45) is 0 Å². The lowest BCUT2D eigenvalue weighted by Gasteiger charge is -2.18. The summed E-state index contributed by atoms with van der Waals surface area (Å²) in [6, 6.07) is 13.1. The maximum Gasteiger partial charge on any atom is 0.226 e. The van der Waals surface area contributed by atoms with Gasteiger partial charge in [0, 0.05) is 17.9 Å². The Bertz CT molecular complexity index is 523. The second-order valence-corrected chi connectivity index (χ2v) is 5.00. The molecule has 1 aromatic heterocycles. The first kappa shape index (κ1) is 14.3. The van der Waals surface area contributed by atoms with Crippen molar-refractivity contribution < 1.29 is 9.90 Å². The summed E-state index contributed by atoms with van der Waals surface area (Å²) in [7, 11) is 0. The van der Waals surface area contributed by atoms with E-state index in [9.17, 15) is 9.90 Å². The Kier molecular flexibility index (Phi) is 4.96. The van der Waals surface area contributed by atoms with E-state index in [1.165, 1.54) is 0 Å². The van der Waals surface area contributed by atoms with Crippen LogP contribution in [0.4, 0.5) is 0 Å². The summed E-state index contributed by atoms with van der Waals surface area (Å²) in [6.07, 6.45) is 2.07. The molecule has 0 bridgehead atoms. The largest absolute Gasteiger partial charge is 0.388 e. The summed E-state index contributed by atoms with van der Waals surface area (Å²) in [5, 5.41) is 13.0. The maximum absolute atomic E-state index is 11.8. The molecule has 3 N–H and O–H groups in total. The van der Waals surface area contributed by atoms with Gasteiger partial charge in [-0.3, -0.25) is 4.79 Å². The molecule has 106 valence electrons. The van der Waals surface area contributed by atoms with Gasteiger partial charge >= 0.3 is 0 Å². The summed E-state index contributed by atoms with van der Waals surface area (Å²) >= 11 is 0. The van der Waals surface area contributed by atoms with Crippen LogP contribution in [0, 0.1) is 0 Å². The third kappa shape index (κ3) is 4.24. The fourth-order valence-corrected chi connectivity index (χ4v) is 2.18. The first-order valence-corrected chi connectivity index (χ1v) is 6.80. The number of aromatic nitrogens is 1. The molecule has 4 heteroatoms. The molecule has 1 heterocycles. The third-order valence-corrected chi connectivity index (χ3v) is 3.18. The Labute approximate surface area is 118 Å². The number of nitrogens with one attached hydrogen (secondary N) is 2. The Morgan fingerprint density at radius 3 is 2.65 bits per heavy atom. The Balaban J connectivity index is 1.80. The number of aliphatic hydroxyl groups excluding tert-OH is 1. The number of amides is 1. The lowest BCUT2D eigenvalue weighted by atomic mass is 10.0. The monoisotopic (exact) mass is 272 g/mol. The smallest absolute Gasteiger partial charge is 0.226 e. The van der Waals surface area contributed by atoms with Gasteiger partial charge in [0.2, 0.25) is 5.91 Å². The van der Waals surface area contributed by atoms with E-state index in [1.54, 1.807) is 6.20 Å². The van der Waals surface area contributed by atoms with Gasteiger partial charge in [-0.1, -0.05) is 30.3 Å². The van der Waals surface area contributed by atoms with Gasteiger partial charge in [-0.25, -0.2) is 0 Å². The summed E-state index contributed by atoms with van der Waals surface area (Å²) in [5.74, 6) is -0.0415. The van der Waals surface area contributed by atoms with Crippen LogP contribution in [-0.2, 0) is 11.2 Å². The maximum atomic E-state index is 11.8. The lowest BCUT2D eigenvalue weighted by molar-refractivity contribution is -0.121. The Morgan fingerprint density at radius 1 is 1.25 bits per heavy atom. The normalized spacial score (nSPS) is 13.7. The molecular formula is C16H20N2O2. The second kappa shape index (κ2) is 6.91. The molecule has 0 spiro atoms. The van der Waals surface area contributed by atoms with Gasteiger partial charge in [0.15, 0.2) is 0 Å². The SMILES string of the molecule is CC(CC(O)c1ccccc1)NC(=O)Cc1ccc[nH]1. The molecule has 0 aliphatic rings. The van der Waals surface area contributed by atoms with Gasteiger partial charge in [0.05, 0.1) is 12.5 Å². The molecule has 2 atom stereocenters. The molecule has 0 saturated carbocycles. The van der Waals surface area contributed by atoms with E-state index in [0.717, 1.165) is 11.3 Å². The molecule has 0 fully saturated rings. The number of hydrogen-bond acceptors (Lipinski definition) is 2. The van der Waals surface area contributed by atoms with Crippen LogP contribution in [0.1, 0.15) is 30.7 Å². The van der Waals surface area contributed by atoms with E-state index in [1.807, 2.05) is 49.4 Å². The number of H-pyrrole nitrogens is 1. The zero-order valence-corrected chi connectivity index (χ0v) is 11.5. The highest BCUT2D eigenvalue weighted by Gasteiger charge is 2.14. The highest BCUT2D eigenvalue weighted by Crippen LogP contribution is 2.17. The standard InChI is InChI=1S/C16H20N2O2/c1-12(10-15(19)13-6-3-2-4-7-13)18-16(20)11-14-8-5-9-17-14/h2-9,12,15,17,19H,10-11H2,1H3,(H,18,20). The first-order valence-electron chi connectivity index (χ1n) is 6.80. The minimum atomic E-state index is -0.558. The third-order valence-electron chi connectivity index (χ3n) is 3.18. The van der Waals surface area contributed by atoms with Gasteiger partial charge in [-0.2, -0.15) is 0 Å². The van der Waals surface area contributed by atoms with Crippen molar-refractivity contribution in [1.29, 1.82) is 0 Å². The first-order chi connectivity index (χ1) is 9.65. The number of hydrogen-bond donors (Lipinski definition) is 3. The molecule has 0 aliphatic heterocycles. The number of aliphatic hydroxyl groups is 1. The van der Waals surface area contributed by atoms with Crippen molar-refractivity contribution in [3.8, 4) is 0 Å². The van der Waals surface area contributed by atoms with E-state index in [0.29, 0.717) is 12.8 Å². The second-order valence-electron chi connectivity index (χ2n) is 5.00. The number of rotatable bonds is 6. The van der Waals surface area contributed by atoms with Crippen molar-refractivity contribution >= 4 is 5.91 Å². The summed E-state index contributed by atoms with van der Waals surface area (Å²) in [5.41, 5.74) is 1.76. The van der Waals surface area contributed by atoms with Crippen LogP contribution < -0.4 is 5.32 Å². The number of aromatic amines is 1. The fraction of sp³-hybridized carbons (Fsp3) is 0.312. The molecule has 1 aromatic carbocycles. The van der Waals surface area contributed by atoms with Gasteiger partial charge < -0.3 is 15.4 Å². The number of carbonyl (C=O) groups excluding carboxylic acids is 1. The van der Waals surface area contributed by atoms with Gasteiger partial charge in [-0.05, 0) is 31.0 Å². The minimum absolute atomic E-state index is 0.0415. The van der Waals surface area contributed by atoms with Crippen molar-refractivity contribution in [3.63, 3.8) is 0 Å². The van der Waals surface area contributed by atoms with Crippen LogP contribution in [0.25, 0.3) is 0 Å².